The van der Waals surface area contributed by atoms with Crippen LogP contribution in [0.15, 0.2) is 24.5 Å². The van der Waals surface area contributed by atoms with Crippen LogP contribution in [0.3, 0.4) is 0 Å². The minimum Gasteiger partial charge on any atom is -0.476 e. The van der Waals surface area contributed by atoms with Crippen molar-refractivity contribution in [1.82, 2.24) is 14.9 Å². The molecule has 1 saturated heterocycles. The summed E-state index contributed by atoms with van der Waals surface area (Å²) in [7, 11) is 0. The number of ether oxygens (including phenoxy) is 1. The van der Waals surface area contributed by atoms with E-state index in [0.29, 0.717) is 0 Å². The zero-order valence-electron chi connectivity index (χ0n) is 12.4. The maximum atomic E-state index is 5.88. The van der Waals surface area contributed by atoms with Gasteiger partial charge in [-0.15, -0.1) is 11.3 Å². The van der Waals surface area contributed by atoms with Crippen molar-refractivity contribution in [1.29, 1.82) is 0 Å². The minimum atomic E-state index is 0.723. The molecule has 3 rings (SSSR count). The molecule has 0 spiro atoms. The number of hydrogen-bond donors (Lipinski definition) is 0. The highest BCUT2D eigenvalue weighted by atomic mass is 32.1. The predicted molar refractivity (Wildman–Crippen MR) is 85.9 cm³/mol. The summed E-state index contributed by atoms with van der Waals surface area (Å²) in [4.78, 5) is 12.3. The van der Waals surface area contributed by atoms with Gasteiger partial charge >= 0.3 is 0 Å². The lowest BCUT2D eigenvalue weighted by atomic mass is 10.1. The molecule has 0 N–H and O–H groups in total. The molecule has 4 nitrogen and oxygen atoms in total. The SMILES string of the molecule is Cc1sc(-c2ccncc2)nc1OCCN1CCCCC1. The summed E-state index contributed by atoms with van der Waals surface area (Å²) in [6.45, 7) is 6.21. The monoisotopic (exact) mass is 303 g/mol. The average molecular weight is 303 g/mol. The number of likely N-dealkylation sites (tertiary alicyclic amines) is 1. The van der Waals surface area contributed by atoms with E-state index in [1.54, 1.807) is 23.7 Å². The first-order valence-corrected chi connectivity index (χ1v) is 8.37. The van der Waals surface area contributed by atoms with Gasteiger partial charge in [0, 0.05) is 24.5 Å². The number of piperidine rings is 1. The van der Waals surface area contributed by atoms with Crippen LogP contribution in [0.2, 0.25) is 0 Å². The lowest BCUT2D eigenvalue weighted by Gasteiger charge is -2.25. The summed E-state index contributed by atoms with van der Waals surface area (Å²) in [5, 5.41) is 1.00. The van der Waals surface area contributed by atoms with Gasteiger partial charge in [-0.25, -0.2) is 4.98 Å². The molecule has 0 saturated carbocycles. The summed E-state index contributed by atoms with van der Waals surface area (Å²) in [5.74, 6) is 0.781. The van der Waals surface area contributed by atoms with Crippen LogP contribution in [0.25, 0.3) is 10.6 Å². The van der Waals surface area contributed by atoms with Gasteiger partial charge in [0.1, 0.15) is 11.6 Å². The van der Waals surface area contributed by atoms with Crippen molar-refractivity contribution in [2.45, 2.75) is 26.2 Å². The number of thiazole rings is 1. The number of pyridine rings is 1. The van der Waals surface area contributed by atoms with Crippen LogP contribution in [0.5, 0.6) is 5.88 Å². The molecule has 1 fully saturated rings. The van der Waals surface area contributed by atoms with Crippen LogP contribution < -0.4 is 4.74 Å². The maximum absolute atomic E-state index is 5.88. The van der Waals surface area contributed by atoms with Crippen molar-refractivity contribution in [2.24, 2.45) is 0 Å². The second-order valence-electron chi connectivity index (χ2n) is 5.37. The quantitative estimate of drug-likeness (QED) is 0.849. The molecular formula is C16H21N3OS. The van der Waals surface area contributed by atoms with E-state index in [1.807, 2.05) is 12.1 Å². The van der Waals surface area contributed by atoms with E-state index >= 15 is 0 Å². The Balaban J connectivity index is 1.57. The summed E-state index contributed by atoms with van der Waals surface area (Å²) in [6, 6.07) is 3.96. The topological polar surface area (TPSA) is 38.3 Å². The third kappa shape index (κ3) is 3.80. The number of aromatic nitrogens is 2. The van der Waals surface area contributed by atoms with Crippen LogP contribution in [-0.2, 0) is 0 Å². The molecule has 0 amide bonds. The fourth-order valence-corrected chi connectivity index (χ4v) is 3.45. The first-order valence-electron chi connectivity index (χ1n) is 7.56. The molecule has 112 valence electrons. The van der Waals surface area contributed by atoms with Crippen molar-refractivity contribution in [2.75, 3.05) is 26.2 Å². The molecule has 0 bridgehead atoms. The molecule has 0 radical (unpaired) electrons. The molecule has 21 heavy (non-hydrogen) atoms. The maximum Gasteiger partial charge on any atom is 0.228 e. The molecule has 0 atom stereocenters. The third-order valence-corrected chi connectivity index (χ3v) is 4.78. The van der Waals surface area contributed by atoms with Gasteiger partial charge in [0.2, 0.25) is 5.88 Å². The van der Waals surface area contributed by atoms with E-state index in [-0.39, 0.29) is 0 Å². The Morgan fingerprint density at radius 2 is 1.95 bits per heavy atom. The Morgan fingerprint density at radius 1 is 1.19 bits per heavy atom. The van der Waals surface area contributed by atoms with Gasteiger partial charge < -0.3 is 4.74 Å². The lowest BCUT2D eigenvalue weighted by Crippen LogP contribution is -2.33. The van der Waals surface area contributed by atoms with Crippen LogP contribution in [0.1, 0.15) is 24.1 Å². The van der Waals surface area contributed by atoms with Crippen LogP contribution in [0, 0.1) is 6.92 Å². The average Bonchev–Trinajstić information content (AvgIpc) is 2.91. The third-order valence-electron chi connectivity index (χ3n) is 3.78. The molecule has 5 heteroatoms. The Hall–Kier alpha value is -1.46. The Bertz CT molecular complexity index is 564. The molecule has 0 aliphatic carbocycles. The number of rotatable bonds is 5. The first-order chi connectivity index (χ1) is 10.3. The second-order valence-corrected chi connectivity index (χ2v) is 6.57. The van der Waals surface area contributed by atoms with E-state index in [9.17, 15) is 0 Å². The van der Waals surface area contributed by atoms with E-state index in [2.05, 4.69) is 21.8 Å². The normalized spacial score (nSPS) is 16.0. The van der Waals surface area contributed by atoms with Gasteiger partial charge in [0.25, 0.3) is 0 Å². The second kappa shape index (κ2) is 7.00. The standard InChI is InChI=1S/C16H21N3OS/c1-13-15(20-12-11-19-9-3-2-4-10-19)18-16(21-13)14-5-7-17-8-6-14/h5-8H,2-4,9-12H2,1H3. The van der Waals surface area contributed by atoms with E-state index in [4.69, 9.17) is 4.74 Å². The molecule has 0 aromatic carbocycles. The Kier molecular flexibility index (Phi) is 4.83. The summed E-state index contributed by atoms with van der Waals surface area (Å²) < 4.78 is 5.88. The van der Waals surface area contributed by atoms with Crippen molar-refractivity contribution in [3.05, 3.63) is 29.4 Å². The molecule has 2 aromatic heterocycles. The summed E-state index contributed by atoms with van der Waals surface area (Å²) in [6.07, 6.45) is 7.60. The summed E-state index contributed by atoms with van der Waals surface area (Å²) in [5.41, 5.74) is 1.10. The molecular weight excluding hydrogens is 282 g/mol. The summed E-state index contributed by atoms with van der Waals surface area (Å²) >= 11 is 1.68. The van der Waals surface area contributed by atoms with Crippen LogP contribution in [0.4, 0.5) is 0 Å². The Morgan fingerprint density at radius 3 is 2.71 bits per heavy atom. The largest absolute Gasteiger partial charge is 0.476 e. The van der Waals surface area contributed by atoms with Gasteiger partial charge in [-0.3, -0.25) is 9.88 Å². The van der Waals surface area contributed by atoms with Crippen molar-refractivity contribution in [3.8, 4) is 16.5 Å². The van der Waals surface area contributed by atoms with Crippen molar-refractivity contribution < 1.29 is 4.74 Å². The van der Waals surface area contributed by atoms with Crippen LogP contribution in [-0.4, -0.2) is 41.1 Å². The lowest BCUT2D eigenvalue weighted by molar-refractivity contribution is 0.180. The molecule has 3 heterocycles. The van der Waals surface area contributed by atoms with E-state index < -0.39 is 0 Å². The van der Waals surface area contributed by atoms with Gasteiger partial charge in [0.05, 0.1) is 4.88 Å². The fraction of sp³-hybridized carbons (Fsp3) is 0.500. The zero-order valence-corrected chi connectivity index (χ0v) is 13.2. The highest BCUT2D eigenvalue weighted by Crippen LogP contribution is 2.31. The Labute approximate surface area is 129 Å². The smallest absolute Gasteiger partial charge is 0.228 e. The number of aryl methyl sites for hydroxylation is 1. The number of hydrogen-bond acceptors (Lipinski definition) is 5. The van der Waals surface area contributed by atoms with Gasteiger partial charge in [-0.05, 0) is 45.0 Å². The molecule has 1 aliphatic heterocycles. The van der Waals surface area contributed by atoms with Crippen LogP contribution >= 0.6 is 11.3 Å². The highest BCUT2D eigenvalue weighted by Gasteiger charge is 2.12. The van der Waals surface area contributed by atoms with Crippen molar-refractivity contribution >= 4 is 11.3 Å². The molecule has 1 aliphatic rings. The highest BCUT2D eigenvalue weighted by molar-refractivity contribution is 7.15. The van der Waals surface area contributed by atoms with Crippen molar-refractivity contribution in [3.63, 3.8) is 0 Å². The molecule has 2 aromatic rings. The van der Waals surface area contributed by atoms with Gasteiger partial charge in [0.15, 0.2) is 0 Å². The van der Waals surface area contributed by atoms with Gasteiger partial charge in [-0.1, -0.05) is 6.42 Å². The van der Waals surface area contributed by atoms with Gasteiger partial charge in [-0.2, -0.15) is 0 Å². The zero-order chi connectivity index (χ0) is 14.5. The first kappa shape index (κ1) is 14.5. The number of nitrogens with zero attached hydrogens (tertiary/aromatic N) is 3. The minimum absolute atomic E-state index is 0.723. The predicted octanol–water partition coefficient (Wildman–Crippen LogP) is 3.38. The van der Waals surface area contributed by atoms with E-state index in [1.165, 1.54) is 32.4 Å². The fourth-order valence-electron chi connectivity index (χ4n) is 2.59. The van der Waals surface area contributed by atoms with E-state index in [0.717, 1.165) is 34.5 Å². The molecule has 0 unspecified atom stereocenters.